The van der Waals surface area contributed by atoms with Crippen LogP contribution in [0.3, 0.4) is 0 Å². The number of aryl methyl sites for hydroxylation is 2. The van der Waals surface area contributed by atoms with Crippen LogP contribution in [0.4, 0.5) is 10.2 Å². The zero-order chi connectivity index (χ0) is 26.9. The van der Waals surface area contributed by atoms with E-state index < -0.39 is 0 Å². The number of rotatable bonds is 5. The number of aromatic nitrogens is 4. The maximum absolute atomic E-state index is 13.6. The number of carbonyl (C=O) groups is 1. The van der Waals surface area contributed by atoms with E-state index in [4.69, 9.17) is 15.1 Å². The number of amides is 1. The summed E-state index contributed by atoms with van der Waals surface area (Å²) < 4.78 is 15.4. The first kappa shape index (κ1) is 25.0. The van der Waals surface area contributed by atoms with Crippen molar-refractivity contribution in [2.45, 2.75) is 33.1 Å². The summed E-state index contributed by atoms with van der Waals surface area (Å²) in [4.78, 5) is 27.8. The van der Waals surface area contributed by atoms with E-state index in [-0.39, 0.29) is 11.7 Å². The molecule has 1 saturated heterocycles. The number of benzene rings is 3. The zero-order valence-corrected chi connectivity index (χ0v) is 22.3. The van der Waals surface area contributed by atoms with Crippen LogP contribution in [0.2, 0.25) is 0 Å². The highest BCUT2D eigenvalue weighted by atomic mass is 19.1. The second-order valence-corrected chi connectivity index (χ2v) is 10.0. The van der Waals surface area contributed by atoms with Gasteiger partial charge in [-0.1, -0.05) is 43.3 Å². The summed E-state index contributed by atoms with van der Waals surface area (Å²) in [5.74, 6) is 1.39. The molecule has 1 aliphatic rings. The summed E-state index contributed by atoms with van der Waals surface area (Å²) in [6.45, 7) is 6.79. The summed E-state index contributed by atoms with van der Waals surface area (Å²) in [6, 6.07) is 20.2. The van der Waals surface area contributed by atoms with Gasteiger partial charge in [-0.25, -0.2) is 19.0 Å². The van der Waals surface area contributed by atoms with Crippen molar-refractivity contribution >= 4 is 33.5 Å². The minimum atomic E-state index is -0.291. The summed E-state index contributed by atoms with van der Waals surface area (Å²) in [7, 11) is 0. The molecule has 1 fully saturated rings. The Bertz CT molecular complexity index is 1660. The molecule has 0 atom stereocenters. The number of fused-ring (bicyclic) bond motifs is 2. The first-order chi connectivity index (χ1) is 19.0. The molecule has 0 aliphatic carbocycles. The molecule has 1 aliphatic heterocycles. The molecule has 8 heteroatoms. The second kappa shape index (κ2) is 10.4. The van der Waals surface area contributed by atoms with Gasteiger partial charge in [-0.05, 0) is 60.9 Å². The summed E-state index contributed by atoms with van der Waals surface area (Å²) in [5, 5.41) is 7.73. The van der Waals surface area contributed by atoms with Crippen molar-refractivity contribution in [1.82, 2.24) is 24.6 Å². The van der Waals surface area contributed by atoms with E-state index in [1.54, 1.807) is 16.8 Å². The number of hydrogen-bond donors (Lipinski definition) is 0. The van der Waals surface area contributed by atoms with Gasteiger partial charge in [0.15, 0.2) is 5.65 Å². The fourth-order valence-electron chi connectivity index (χ4n) is 5.45. The number of hydrogen-bond acceptors (Lipinski definition) is 5. The van der Waals surface area contributed by atoms with Crippen LogP contribution in [0.15, 0.2) is 66.7 Å². The van der Waals surface area contributed by atoms with Gasteiger partial charge in [-0.15, -0.1) is 0 Å². The molecule has 6 rings (SSSR count). The second-order valence-electron chi connectivity index (χ2n) is 10.0. The van der Waals surface area contributed by atoms with Gasteiger partial charge < -0.3 is 9.80 Å². The largest absolute Gasteiger partial charge is 0.354 e. The van der Waals surface area contributed by atoms with Crippen LogP contribution in [0, 0.1) is 12.7 Å². The molecule has 0 N–H and O–H groups in total. The third-order valence-corrected chi connectivity index (χ3v) is 7.38. The van der Waals surface area contributed by atoms with E-state index in [2.05, 4.69) is 11.8 Å². The van der Waals surface area contributed by atoms with E-state index in [1.807, 2.05) is 54.3 Å². The summed E-state index contributed by atoms with van der Waals surface area (Å²) >= 11 is 0. The van der Waals surface area contributed by atoms with E-state index in [0.717, 1.165) is 76.2 Å². The van der Waals surface area contributed by atoms with Crippen LogP contribution in [-0.2, 0) is 6.42 Å². The Morgan fingerprint density at radius 1 is 0.923 bits per heavy atom. The quantitative estimate of drug-likeness (QED) is 0.295. The predicted octanol–water partition coefficient (Wildman–Crippen LogP) is 5.72. The Labute approximate surface area is 226 Å². The van der Waals surface area contributed by atoms with Crippen molar-refractivity contribution < 1.29 is 9.18 Å². The number of anilines is 1. The van der Waals surface area contributed by atoms with Crippen LogP contribution < -0.4 is 4.90 Å². The fraction of sp³-hybridized carbons (Fsp3) is 0.290. The Kier molecular flexibility index (Phi) is 6.69. The lowest BCUT2D eigenvalue weighted by molar-refractivity contribution is 0.0769. The molecule has 198 valence electrons. The van der Waals surface area contributed by atoms with Crippen molar-refractivity contribution in [2.75, 3.05) is 31.1 Å². The summed E-state index contributed by atoms with van der Waals surface area (Å²) in [5.41, 5.74) is 3.04. The monoisotopic (exact) mass is 522 g/mol. The highest BCUT2D eigenvalue weighted by Gasteiger charge is 2.26. The fourth-order valence-corrected chi connectivity index (χ4v) is 5.45. The standard InChI is InChI=1S/C31H31FN6O/c1-3-8-27-33-29(28-21(2)35-38(30(28)34-27)24-15-13-23(32)14-16-24)36-17-7-18-37(20-19-36)31(39)26-12-6-10-22-9-4-5-11-25(22)26/h4-6,9-16H,3,7-8,17-20H2,1-2H3. The molecule has 0 saturated carbocycles. The van der Waals surface area contributed by atoms with E-state index in [9.17, 15) is 9.18 Å². The first-order valence-electron chi connectivity index (χ1n) is 13.6. The minimum Gasteiger partial charge on any atom is -0.354 e. The van der Waals surface area contributed by atoms with E-state index >= 15 is 0 Å². The molecular weight excluding hydrogens is 491 g/mol. The SMILES string of the molecule is CCCc1nc(N2CCCN(C(=O)c3cccc4ccccc34)CC2)c2c(C)nn(-c3ccc(F)cc3)c2n1. The van der Waals surface area contributed by atoms with Gasteiger partial charge in [-0.3, -0.25) is 4.79 Å². The Morgan fingerprint density at radius 3 is 2.54 bits per heavy atom. The molecule has 7 nitrogen and oxygen atoms in total. The Morgan fingerprint density at radius 2 is 1.72 bits per heavy atom. The minimum absolute atomic E-state index is 0.0634. The molecule has 0 radical (unpaired) electrons. The average Bonchev–Trinajstić information content (AvgIpc) is 3.11. The van der Waals surface area contributed by atoms with Crippen molar-refractivity contribution in [3.8, 4) is 5.69 Å². The van der Waals surface area contributed by atoms with Crippen LogP contribution in [-0.4, -0.2) is 56.7 Å². The lowest BCUT2D eigenvalue weighted by Gasteiger charge is -2.24. The van der Waals surface area contributed by atoms with Gasteiger partial charge in [0.1, 0.15) is 17.5 Å². The lowest BCUT2D eigenvalue weighted by Crippen LogP contribution is -2.35. The number of halogens is 1. The topological polar surface area (TPSA) is 67.2 Å². The maximum atomic E-state index is 13.6. The van der Waals surface area contributed by atoms with Crippen molar-refractivity contribution in [2.24, 2.45) is 0 Å². The third-order valence-electron chi connectivity index (χ3n) is 7.38. The highest BCUT2D eigenvalue weighted by molar-refractivity contribution is 6.07. The van der Waals surface area contributed by atoms with E-state index in [1.165, 1.54) is 12.1 Å². The van der Waals surface area contributed by atoms with Crippen molar-refractivity contribution in [1.29, 1.82) is 0 Å². The molecule has 2 aromatic heterocycles. The van der Waals surface area contributed by atoms with Gasteiger partial charge in [0.2, 0.25) is 0 Å². The zero-order valence-electron chi connectivity index (χ0n) is 22.3. The van der Waals surface area contributed by atoms with Gasteiger partial charge in [0.05, 0.1) is 16.8 Å². The third kappa shape index (κ3) is 4.71. The van der Waals surface area contributed by atoms with Crippen LogP contribution >= 0.6 is 0 Å². The number of nitrogens with zero attached hydrogens (tertiary/aromatic N) is 6. The van der Waals surface area contributed by atoms with Crippen LogP contribution in [0.25, 0.3) is 27.5 Å². The lowest BCUT2D eigenvalue weighted by atomic mass is 10.0. The molecule has 3 aromatic carbocycles. The smallest absolute Gasteiger partial charge is 0.254 e. The molecule has 39 heavy (non-hydrogen) atoms. The molecule has 3 heterocycles. The average molecular weight is 523 g/mol. The van der Waals surface area contributed by atoms with Crippen LogP contribution in [0.1, 0.15) is 41.6 Å². The summed E-state index contributed by atoms with van der Waals surface area (Å²) in [6.07, 6.45) is 2.49. The Balaban J connectivity index is 1.34. The van der Waals surface area contributed by atoms with Gasteiger partial charge >= 0.3 is 0 Å². The molecule has 1 amide bonds. The number of carbonyl (C=O) groups excluding carboxylic acids is 1. The van der Waals surface area contributed by atoms with Gasteiger partial charge in [0.25, 0.3) is 5.91 Å². The van der Waals surface area contributed by atoms with Gasteiger partial charge in [-0.2, -0.15) is 5.10 Å². The molecule has 5 aromatic rings. The Hall–Kier alpha value is -4.33. The molecular formula is C31H31FN6O. The molecule has 0 bridgehead atoms. The van der Waals surface area contributed by atoms with Crippen molar-refractivity contribution in [3.63, 3.8) is 0 Å². The normalized spacial score (nSPS) is 14.2. The van der Waals surface area contributed by atoms with Crippen molar-refractivity contribution in [3.05, 3.63) is 89.6 Å². The predicted molar refractivity (Wildman–Crippen MR) is 152 cm³/mol. The van der Waals surface area contributed by atoms with Crippen LogP contribution in [0.5, 0.6) is 0 Å². The molecule has 0 unspecified atom stereocenters. The highest BCUT2D eigenvalue weighted by Crippen LogP contribution is 2.30. The van der Waals surface area contributed by atoms with E-state index in [0.29, 0.717) is 19.6 Å². The maximum Gasteiger partial charge on any atom is 0.254 e. The molecule has 0 spiro atoms. The first-order valence-corrected chi connectivity index (χ1v) is 13.6. The van der Waals surface area contributed by atoms with Gasteiger partial charge in [0, 0.05) is 38.2 Å².